The Kier molecular flexibility index (Phi) is 2.68. The van der Waals surface area contributed by atoms with Crippen LogP contribution in [0.15, 0.2) is 21.9 Å². The van der Waals surface area contributed by atoms with Crippen molar-refractivity contribution in [2.45, 2.75) is 16.7 Å². The molecule has 0 radical (unpaired) electrons. The summed E-state index contributed by atoms with van der Waals surface area (Å²) in [5.74, 6) is 0.616. The molecule has 0 saturated heterocycles. The maximum Gasteiger partial charge on any atom is 0.185 e. The number of thioether (sulfide) groups is 1. The van der Waals surface area contributed by atoms with Crippen molar-refractivity contribution in [1.82, 2.24) is 0 Å². The van der Waals surface area contributed by atoms with Gasteiger partial charge in [-0.05, 0) is 24.8 Å². The molecule has 1 heterocycles. The van der Waals surface area contributed by atoms with Crippen LogP contribution in [0.2, 0.25) is 0 Å². The highest BCUT2D eigenvalue weighted by molar-refractivity contribution is 7.98. The monoisotopic (exact) mass is 244 g/mol. The highest BCUT2D eigenvalue weighted by Crippen LogP contribution is 2.39. The van der Waals surface area contributed by atoms with Crippen LogP contribution in [-0.2, 0) is 9.84 Å². The van der Waals surface area contributed by atoms with Gasteiger partial charge in [-0.2, -0.15) is 0 Å². The standard InChI is InChI=1S/C10H12O3S2/c1-7-3-4-8-9(10(7)14-2)13-5-6-15(8,11)12/h3-4H,5-6H2,1-2H3. The van der Waals surface area contributed by atoms with Crippen molar-refractivity contribution < 1.29 is 13.2 Å². The number of benzene rings is 1. The molecule has 82 valence electrons. The first kappa shape index (κ1) is 10.8. The molecule has 2 rings (SSSR count). The van der Waals surface area contributed by atoms with Crippen LogP contribution in [0.1, 0.15) is 5.56 Å². The normalized spacial score (nSPS) is 18.0. The third-order valence-electron chi connectivity index (χ3n) is 2.41. The summed E-state index contributed by atoms with van der Waals surface area (Å²) in [6, 6.07) is 3.47. The zero-order chi connectivity index (χ0) is 11.1. The molecule has 1 aromatic carbocycles. The van der Waals surface area contributed by atoms with Crippen LogP contribution in [0.25, 0.3) is 0 Å². The van der Waals surface area contributed by atoms with Gasteiger partial charge >= 0.3 is 0 Å². The Balaban J connectivity index is 2.72. The van der Waals surface area contributed by atoms with Crippen LogP contribution in [-0.4, -0.2) is 27.0 Å². The van der Waals surface area contributed by atoms with Crippen molar-refractivity contribution in [2.75, 3.05) is 18.6 Å². The lowest BCUT2D eigenvalue weighted by molar-refractivity contribution is 0.314. The lowest BCUT2D eigenvalue weighted by atomic mass is 10.2. The van der Waals surface area contributed by atoms with E-state index in [-0.39, 0.29) is 12.4 Å². The zero-order valence-electron chi connectivity index (χ0n) is 8.61. The quantitative estimate of drug-likeness (QED) is 0.707. The highest BCUT2D eigenvalue weighted by Gasteiger charge is 2.27. The minimum Gasteiger partial charge on any atom is -0.490 e. The Bertz CT molecular complexity index is 492. The fourth-order valence-corrected chi connectivity index (χ4v) is 3.69. The van der Waals surface area contributed by atoms with Gasteiger partial charge in [-0.25, -0.2) is 8.42 Å². The highest BCUT2D eigenvalue weighted by atomic mass is 32.2. The number of hydrogen-bond donors (Lipinski definition) is 0. The first-order valence-corrected chi connectivity index (χ1v) is 7.47. The molecule has 3 nitrogen and oxygen atoms in total. The molecule has 5 heteroatoms. The van der Waals surface area contributed by atoms with Gasteiger partial charge in [0, 0.05) is 0 Å². The van der Waals surface area contributed by atoms with Gasteiger partial charge in [0.1, 0.15) is 11.5 Å². The van der Waals surface area contributed by atoms with E-state index in [2.05, 4.69) is 0 Å². The third-order valence-corrected chi connectivity index (χ3v) is 5.02. The zero-order valence-corrected chi connectivity index (χ0v) is 10.2. The van der Waals surface area contributed by atoms with Crippen molar-refractivity contribution in [2.24, 2.45) is 0 Å². The summed E-state index contributed by atoms with van der Waals surface area (Å²) < 4.78 is 29.0. The molecule has 0 bridgehead atoms. The molecule has 0 fully saturated rings. The molecule has 1 aromatic rings. The second-order valence-corrected chi connectivity index (χ2v) is 6.30. The van der Waals surface area contributed by atoms with Gasteiger partial charge < -0.3 is 4.74 Å². The van der Waals surface area contributed by atoms with Gasteiger partial charge in [-0.1, -0.05) is 6.07 Å². The molecular weight excluding hydrogens is 232 g/mol. The van der Waals surface area contributed by atoms with E-state index in [0.29, 0.717) is 10.6 Å². The van der Waals surface area contributed by atoms with Gasteiger partial charge in [-0.15, -0.1) is 11.8 Å². The predicted molar refractivity (Wildman–Crippen MR) is 60.5 cm³/mol. The van der Waals surface area contributed by atoms with Crippen LogP contribution >= 0.6 is 11.8 Å². The van der Waals surface area contributed by atoms with Gasteiger partial charge in [0.15, 0.2) is 15.6 Å². The predicted octanol–water partition coefficient (Wildman–Crippen LogP) is 1.88. The minimum atomic E-state index is -3.13. The van der Waals surface area contributed by atoms with E-state index in [1.165, 1.54) is 11.8 Å². The molecule has 15 heavy (non-hydrogen) atoms. The SMILES string of the molecule is CSc1c(C)ccc2c1OCCS2(=O)=O. The molecule has 1 aliphatic heterocycles. The fourth-order valence-electron chi connectivity index (χ4n) is 1.64. The Morgan fingerprint density at radius 2 is 2.13 bits per heavy atom. The molecule has 0 aromatic heterocycles. The average Bonchev–Trinajstić information content (AvgIpc) is 2.16. The second-order valence-electron chi connectivity index (χ2n) is 3.41. The van der Waals surface area contributed by atoms with E-state index in [1.807, 2.05) is 19.2 Å². The molecule has 0 amide bonds. The average molecular weight is 244 g/mol. The van der Waals surface area contributed by atoms with E-state index in [1.54, 1.807) is 6.07 Å². The first-order chi connectivity index (χ1) is 7.06. The largest absolute Gasteiger partial charge is 0.490 e. The van der Waals surface area contributed by atoms with Crippen LogP contribution in [0.4, 0.5) is 0 Å². The number of ether oxygens (including phenoxy) is 1. The molecule has 0 aliphatic carbocycles. The van der Waals surface area contributed by atoms with Crippen molar-refractivity contribution in [1.29, 1.82) is 0 Å². The molecule has 0 unspecified atom stereocenters. The second kappa shape index (κ2) is 3.72. The first-order valence-electron chi connectivity index (χ1n) is 4.59. The number of fused-ring (bicyclic) bond motifs is 1. The molecule has 0 spiro atoms. The summed E-state index contributed by atoms with van der Waals surface area (Å²) in [7, 11) is -3.13. The van der Waals surface area contributed by atoms with E-state index in [4.69, 9.17) is 4.74 Å². The maximum absolute atomic E-state index is 11.8. The van der Waals surface area contributed by atoms with Crippen molar-refractivity contribution in [3.05, 3.63) is 17.7 Å². The topological polar surface area (TPSA) is 43.4 Å². The lowest BCUT2D eigenvalue weighted by Gasteiger charge is -2.20. The Morgan fingerprint density at radius 1 is 1.40 bits per heavy atom. The Hall–Kier alpha value is -0.680. The lowest BCUT2D eigenvalue weighted by Crippen LogP contribution is -2.21. The van der Waals surface area contributed by atoms with Crippen molar-refractivity contribution in [3.8, 4) is 5.75 Å². The number of rotatable bonds is 1. The Morgan fingerprint density at radius 3 is 2.80 bits per heavy atom. The summed E-state index contributed by atoms with van der Waals surface area (Å²) in [5.41, 5.74) is 1.05. The molecular formula is C10H12O3S2. The van der Waals surface area contributed by atoms with E-state index < -0.39 is 9.84 Å². The number of hydrogen-bond acceptors (Lipinski definition) is 4. The summed E-state index contributed by atoms with van der Waals surface area (Å²) >= 11 is 1.52. The summed E-state index contributed by atoms with van der Waals surface area (Å²) in [6.07, 6.45) is 1.92. The van der Waals surface area contributed by atoms with Crippen LogP contribution < -0.4 is 4.74 Å². The van der Waals surface area contributed by atoms with Crippen LogP contribution in [0, 0.1) is 6.92 Å². The smallest absolute Gasteiger partial charge is 0.185 e. The summed E-state index contributed by atoms with van der Waals surface area (Å²) in [4.78, 5) is 1.26. The molecule has 0 saturated carbocycles. The van der Waals surface area contributed by atoms with Crippen molar-refractivity contribution in [3.63, 3.8) is 0 Å². The minimum absolute atomic E-state index is 0.0802. The molecule has 0 N–H and O–H groups in total. The van der Waals surface area contributed by atoms with Crippen LogP contribution in [0.3, 0.4) is 0 Å². The Labute approximate surface area is 93.7 Å². The molecule has 1 aliphatic rings. The van der Waals surface area contributed by atoms with Gasteiger partial charge in [-0.3, -0.25) is 0 Å². The number of sulfone groups is 1. The van der Waals surface area contributed by atoms with Gasteiger partial charge in [0.25, 0.3) is 0 Å². The van der Waals surface area contributed by atoms with E-state index in [0.717, 1.165) is 10.5 Å². The van der Waals surface area contributed by atoms with E-state index in [9.17, 15) is 8.42 Å². The van der Waals surface area contributed by atoms with Crippen molar-refractivity contribution >= 4 is 21.6 Å². The molecule has 0 atom stereocenters. The summed E-state index contributed by atoms with van der Waals surface area (Å²) in [6.45, 7) is 2.21. The van der Waals surface area contributed by atoms with Gasteiger partial charge in [0.05, 0.1) is 10.6 Å². The third kappa shape index (κ3) is 1.74. The fraction of sp³-hybridized carbons (Fsp3) is 0.400. The van der Waals surface area contributed by atoms with E-state index >= 15 is 0 Å². The number of aryl methyl sites for hydroxylation is 1. The summed E-state index contributed by atoms with van der Waals surface area (Å²) in [5, 5.41) is 0. The van der Waals surface area contributed by atoms with Crippen LogP contribution in [0.5, 0.6) is 5.75 Å². The van der Waals surface area contributed by atoms with Gasteiger partial charge in [0.2, 0.25) is 0 Å². The maximum atomic E-state index is 11.8.